The van der Waals surface area contributed by atoms with Crippen LogP contribution in [-0.4, -0.2) is 35.2 Å². The van der Waals surface area contributed by atoms with Crippen molar-refractivity contribution >= 4 is 0 Å². The summed E-state index contributed by atoms with van der Waals surface area (Å²) in [5.74, 6) is 0.781. The third kappa shape index (κ3) is 2.52. The molecule has 2 unspecified atom stereocenters. The molecule has 5 nitrogen and oxygen atoms in total. The van der Waals surface area contributed by atoms with Crippen molar-refractivity contribution in [2.75, 3.05) is 20.3 Å². The summed E-state index contributed by atoms with van der Waals surface area (Å²) in [6, 6.07) is 0.197. The van der Waals surface area contributed by atoms with Crippen LogP contribution < -0.4 is 4.74 Å². The molecule has 1 aliphatic rings. The van der Waals surface area contributed by atoms with Gasteiger partial charge in [-0.1, -0.05) is 0 Å². The Morgan fingerprint density at radius 2 is 2.33 bits per heavy atom. The van der Waals surface area contributed by atoms with Crippen LogP contribution in [0.5, 0.6) is 5.75 Å². The maximum Gasteiger partial charge on any atom is 0.162 e. The van der Waals surface area contributed by atoms with Crippen molar-refractivity contribution in [3.8, 4) is 5.75 Å². The topological polar surface area (TPSA) is 56.5 Å². The van der Waals surface area contributed by atoms with Crippen LogP contribution in [0.15, 0.2) is 6.20 Å². The summed E-state index contributed by atoms with van der Waals surface area (Å²) in [5, 5.41) is 14.8. The molecule has 0 radical (unpaired) electrons. The Hall–Kier alpha value is -1.07. The van der Waals surface area contributed by atoms with Crippen LogP contribution in [0.4, 0.5) is 0 Å². The van der Waals surface area contributed by atoms with Crippen LogP contribution in [0.25, 0.3) is 0 Å². The molecular weight excluding hydrogens is 232 g/mol. The minimum Gasteiger partial charge on any atom is -0.493 e. The van der Waals surface area contributed by atoms with Gasteiger partial charge in [-0.2, -0.15) is 5.10 Å². The molecular formula is C13H22N2O3. The summed E-state index contributed by atoms with van der Waals surface area (Å²) >= 11 is 0. The van der Waals surface area contributed by atoms with E-state index in [1.807, 2.05) is 18.5 Å². The number of hydrogen-bond acceptors (Lipinski definition) is 4. The summed E-state index contributed by atoms with van der Waals surface area (Å²) in [7, 11) is 1.61. The molecule has 0 spiro atoms. The van der Waals surface area contributed by atoms with E-state index in [1.54, 1.807) is 13.3 Å². The second kappa shape index (κ2) is 5.71. The summed E-state index contributed by atoms with van der Waals surface area (Å²) in [6.07, 6.45) is 3.07. The van der Waals surface area contributed by atoms with E-state index in [0.717, 1.165) is 25.1 Å². The first kappa shape index (κ1) is 13.4. The van der Waals surface area contributed by atoms with E-state index in [1.165, 1.54) is 0 Å². The van der Waals surface area contributed by atoms with Crippen molar-refractivity contribution in [1.82, 2.24) is 9.78 Å². The van der Waals surface area contributed by atoms with E-state index in [-0.39, 0.29) is 12.0 Å². The monoisotopic (exact) mass is 254 g/mol. The Morgan fingerprint density at radius 3 is 2.89 bits per heavy atom. The predicted molar refractivity (Wildman–Crippen MR) is 67.7 cm³/mol. The van der Waals surface area contributed by atoms with E-state index in [2.05, 4.69) is 5.10 Å². The number of aromatic nitrogens is 2. The van der Waals surface area contributed by atoms with E-state index < -0.39 is 6.10 Å². The molecule has 1 aromatic heterocycles. The van der Waals surface area contributed by atoms with Gasteiger partial charge < -0.3 is 14.6 Å². The van der Waals surface area contributed by atoms with Crippen molar-refractivity contribution in [3.63, 3.8) is 0 Å². The molecule has 2 atom stereocenters. The van der Waals surface area contributed by atoms with Gasteiger partial charge in [0.05, 0.1) is 19.9 Å². The first-order chi connectivity index (χ1) is 8.65. The normalized spacial score (nSPS) is 22.2. The zero-order valence-electron chi connectivity index (χ0n) is 11.3. The SMILES string of the molecule is COc1cnn(C(C)C)c1C(O)C1CCCOC1. The van der Waals surface area contributed by atoms with E-state index in [0.29, 0.717) is 12.4 Å². The molecule has 1 saturated heterocycles. The number of rotatable bonds is 4. The van der Waals surface area contributed by atoms with Crippen LogP contribution >= 0.6 is 0 Å². The largest absolute Gasteiger partial charge is 0.493 e. The number of nitrogens with zero attached hydrogens (tertiary/aromatic N) is 2. The number of hydrogen-bond donors (Lipinski definition) is 1. The zero-order chi connectivity index (χ0) is 13.1. The Kier molecular flexibility index (Phi) is 4.24. The third-order valence-corrected chi connectivity index (χ3v) is 3.43. The maximum atomic E-state index is 10.6. The smallest absolute Gasteiger partial charge is 0.162 e. The molecule has 0 aliphatic carbocycles. The third-order valence-electron chi connectivity index (χ3n) is 3.43. The standard InChI is InChI=1S/C13H22N2O3/c1-9(2)15-12(11(17-3)7-14-15)13(16)10-5-4-6-18-8-10/h7,9-10,13,16H,4-6,8H2,1-3H3. The Balaban J connectivity index is 2.26. The van der Waals surface area contributed by atoms with Crippen LogP contribution in [-0.2, 0) is 4.74 Å². The lowest BCUT2D eigenvalue weighted by molar-refractivity contribution is -0.0143. The molecule has 18 heavy (non-hydrogen) atoms. The van der Waals surface area contributed by atoms with Crippen molar-refractivity contribution in [1.29, 1.82) is 0 Å². The van der Waals surface area contributed by atoms with Gasteiger partial charge in [0.2, 0.25) is 0 Å². The molecule has 0 saturated carbocycles. The molecule has 0 bridgehead atoms. The minimum absolute atomic E-state index is 0.127. The highest BCUT2D eigenvalue weighted by atomic mass is 16.5. The van der Waals surface area contributed by atoms with Gasteiger partial charge in [-0.15, -0.1) is 0 Å². The van der Waals surface area contributed by atoms with Gasteiger partial charge in [0.25, 0.3) is 0 Å². The van der Waals surface area contributed by atoms with Gasteiger partial charge in [0, 0.05) is 18.6 Å². The zero-order valence-corrected chi connectivity index (χ0v) is 11.3. The lowest BCUT2D eigenvalue weighted by Gasteiger charge is -2.28. The lowest BCUT2D eigenvalue weighted by atomic mass is 9.93. The van der Waals surface area contributed by atoms with Crippen molar-refractivity contribution in [2.24, 2.45) is 5.92 Å². The lowest BCUT2D eigenvalue weighted by Crippen LogP contribution is -2.26. The van der Waals surface area contributed by atoms with Gasteiger partial charge in [-0.3, -0.25) is 4.68 Å². The molecule has 0 aromatic carbocycles. The quantitative estimate of drug-likeness (QED) is 0.892. The fourth-order valence-electron chi connectivity index (χ4n) is 2.44. The van der Waals surface area contributed by atoms with Crippen LogP contribution in [0.3, 0.4) is 0 Å². The van der Waals surface area contributed by atoms with Gasteiger partial charge in [-0.05, 0) is 26.7 Å². The molecule has 102 valence electrons. The van der Waals surface area contributed by atoms with Crippen LogP contribution in [0.2, 0.25) is 0 Å². The Morgan fingerprint density at radius 1 is 1.56 bits per heavy atom. The summed E-state index contributed by atoms with van der Waals surface area (Å²) in [5.41, 5.74) is 0.767. The maximum absolute atomic E-state index is 10.6. The first-order valence-corrected chi connectivity index (χ1v) is 6.52. The highest BCUT2D eigenvalue weighted by molar-refractivity contribution is 5.28. The highest BCUT2D eigenvalue weighted by Crippen LogP contribution is 2.35. The molecule has 2 heterocycles. The second-order valence-electron chi connectivity index (χ2n) is 5.06. The molecule has 1 fully saturated rings. The molecule has 2 rings (SSSR count). The molecule has 1 aromatic rings. The number of aliphatic hydroxyl groups excluding tert-OH is 1. The fourth-order valence-corrected chi connectivity index (χ4v) is 2.44. The van der Waals surface area contributed by atoms with Crippen molar-refractivity contribution in [2.45, 2.75) is 38.8 Å². The fraction of sp³-hybridized carbons (Fsp3) is 0.769. The van der Waals surface area contributed by atoms with Crippen molar-refractivity contribution < 1.29 is 14.6 Å². The van der Waals surface area contributed by atoms with Crippen LogP contribution in [0, 0.1) is 5.92 Å². The van der Waals surface area contributed by atoms with Gasteiger partial charge in [0.15, 0.2) is 5.75 Å². The average Bonchev–Trinajstić information content (AvgIpc) is 2.82. The van der Waals surface area contributed by atoms with E-state index in [4.69, 9.17) is 9.47 Å². The van der Waals surface area contributed by atoms with Gasteiger partial charge in [-0.25, -0.2) is 0 Å². The number of aliphatic hydroxyl groups is 1. The summed E-state index contributed by atoms with van der Waals surface area (Å²) in [4.78, 5) is 0. The van der Waals surface area contributed by atoms with E-state index in [9.17, 15) is 5.11 Å². The first-order valence-electron chi connectivity index (χ1n) is 6.52. The summed E-state index contributed by atoms with van der Waals surface area (Å²) in [6.45, 7) is 5.48. The second-order valence-corrected chi connectivity index (χ2v) is 5.06. The summed E-state index contributed by atoms with van der Waals surface area (Å²) < 4.78 is 12.6. The number of ether oxygens (including phenoxy) is 2. The highest BCUT2D eigenvalue weighted by Gasteiger charge is 2.30. The van der Waals surface area contributed by atoms with Crippen molar-refractivity contribution in [3.05, 3.63) is 11.9 Å². The molecule has 0 amide bonds. The van der Waals surface area contributed by atoms with Gasteiger partial charge in [0.1, 0.15) is 11.8 Å². The Labute approximate surface area is 108 Å². The average molecular weight is 254 g/mol. The Bertz CT molecular complexity index is 384. The molecule has 5 heteroatoms. The molecule has 1 N–H and O–H groups in total. The van der Waals surface area contributed by atoms with Crippen LogP contribution in [0.1, 0.15) is 44.5 Å². The molecule has 1 aliphatic heterocycles. The number of methoxy groups -OCH3 is 1. The van der Waals surface area contributed by atoms with E-state index >= 15 is 0 Å². The predicted octanol–water partition coefficient (Wildman–Crippen LogP) is 1.93. The minimum atomic E-state index is -0.579. The van der Waals surface area contributed by atoms with Gasteiger partial charge >= 0.3 is 0 Å².